The maximum Gasteiger partial charge on any atom is 0.247 e. The highest BCUT2D eigenvalue weighted by Gasteiger charge is 2.34. The van der Waals surface area contributed by atoms with Crippen LogP contribution in [-0.4, -0.2) is 34.0 Å². The highest BCUT2D eigenvalue weighted by atomic mass is 32.2. The van der Waals surface area contributed by atoms with Crippen LogP contribution in [0.3, 0.4) is 0 Å². The van der Waals surface area contributed by atoms with E-state index >= 15 is 0 Å². The van der Waals surface area contributed by atoms with E-state index in [0.29, 0.717) is 28.2 Å². The van der Waals surface area contributed by atoms with E-state index in [2.05, 4.69) is 15.2 Å². The van der Waals surface area contributed by atoms with Crippen LogP contribution in [0.1, 0.15) is 25.6 Å². The Morgan fingerprint density at radius 2 is 2.03 bits per heavy atom. The van der Waals surface area contributed by atoms with Crippen molar-refractivity contribution in [1.82, 2.24) is 15.2 Å². The van der Waals surface area contributed by atoms with Crippen LogP contribution in [0.2, 0.25) is 0 Å². The second-order valence-corrected chi connectivity index (χ2v) is 7.57. The quantitative estimate of drug-likeness (QED) is 0.601. The zero-order chi connectivity index (χ0) is 20.4. The summed E-state index contributed by atoms with van der Waals surface area (Å²) in [6.45, 7) is 3.53. The van der Waals surface area contributed by atoms with Gasteiger partial charge in [0.15, 0.2) is 5.69 Å². The number of methoxy groups -OCH3 is 1. The van der Waals surface area contributed by atoms with E-state index in [1.807, 2.05) is 55.5 Å². The Labute approximate surface area is 173 Å². The maximum absolute atomic E-state index is 12.7. The predicted octanol–water partition coefficient (Wildman–Crippen LogP) is 4.10. The number of thioether (sulfide) groups is 1. The summed E-state index contributed by atoms with van der Waals surface area (Å²) in [6, 6.07) is 15.0. The number of benzene rings is 2. The van der Waals surface area contributed by atoms with Crippen molar-refractivity contribution in [1.29, 1.82) is 0 Å². The van der Waals surface area contributed by atoms with E-state index in [9.17, 15) is 4.79 Å². The fourth-order valence-electron chi connectivity index (χ4n) is 3.25. The molecule has 0 bridgehead atoms. The molecule has 0 spiro atoms. The third-order valence-corrected chi connectivity index (χ3v) is 5.22. The molecule has 4 rings (SSSR count). The van der Waals surface area contributed by atoms with Gasteiger partial charge in [0.25, 0.3) is 0 Å². The second kappa shape index (κ2) is 8.08. The third kappa shape index (κ3) is 3.63. The number of nitrogens with zero attached hydrogens (tertiary/aromatic N) is 4. The summed E-state index contributed by atoms with van der Waals surface area (Å²) in [6.07, 6.45) is -0.721. The fourth-order valence-corrected chi connectivity index (χ4v) is 3.76. The van der Waals surface area contributed by atoms with Crippen molar-refractivity contribution >= 4 is 23.4 Å². The van der Waals surface area contributed by atoms with Crippen LogP contribution in [0.25, 0.3) is 11.3 Å². The van der Waals surface area contributed by atoms with Crippen molar-refractivity contribution in [3.63, 3.8) is 0 Å². The Kier molecular flexibility index (Phi) is 5.35. The summed E-state index contributed by atoms with van der Waals surface area (Å²) in [5.41, 5.74) is 2.72. The molecule has 0 unspecified atom stereocenters. The van der Waals surface area contributed by atoms with Gasteiger partial charge < -0.3 is 9.47 Å². The van der Waals surface area contributed by atoms with Gasteiger partial charge in [0.05, 0.1) is 12.8 Å². The zero-order valence-electron chi connectivity index (χ0n) is 16.3. The SMILES string of the molecule is CCSc1nnc2c(n1)O[C@H](c1cccc(OC)c1)N(C(C)=O)c1ccccc1-2. The first-order valence-electron chi connectivity index (χ1n) is 9.19. The number of anilines is 1. The van der Waals surface area contributed by atoms with Gasteiger partial charge in [-0.3, -0.25) is 9.69 Å². The fraction of sp³-hybridized carbons (Fsp3) is 0.238. The zero-order valence-corrected chi connectivity index (χ0v) is 17.1. The van der Waals surface area contributed by atoms with Crippen LogP contribution in [0.5, 0.6) is 11.6 Å². The van der Waals surface area contributed by atoms with Crippen molar-refractivity contribution in [2.24, 2.45) is 0 Å². The number of ether oxygens (including phenoxy) is 2. The van der Waals surface area contributed by atoms with E-state index in [-0.39, 0.29) is 5.91 Å². The lowest BCUT2D eigenvalue weighted by atomic mass is 10.1. The van der Waals surface area contributed by atoms with Crippen LogP contribution < -0.4 is 14.4 Å². The Morgan fingerprint density at radius 3 is 2.79 bits per heavy atom. The van der Waals surface area contributed by atoms with Gasteiger partial charge in [0, 0.05) is 18.1 Å². The lowest BCUT2D eigenvalue weighted by molar-refractivity contribution is -0.118. The molecule has 0 fully saturated rings. The number of para-hydroxylation sites is 1. The molecule has 148 valence electrons. The lowest BCUT2D eigenvalue weighted by Gasteiger charge is -2.30. The van der Waals surface area contributed by atoms with Gasteiger partial charge in [-0.15, -0.1) is 10.2 Å². The molecule has 2 aromatic carbocycles. The van der Waals surface area contributed by atoms with Crippen molar-refractivity contribution in [3.8, 4) is 22.9 Å². The first-order valence-corrected chi connectivity index (χ1v) is 10.2. The minimum Gasteiger partial charge on any atom is -0.497 e. The Bertz CT molecular complexity index is 1060. The van der Waals surface area contributed by atoms with Crippen LogP contribution in [0.4, 0.5) is 5.69 Å². The summed E-state index contributed by atoms with van der Waals surface area (Å²) in [5, 5.41) is 9.12. The standard InChI is InChI=1S/C21H20N4O3S/c1-4-29-21-22-19-18(23-24-21)16-10-5-6-11-17(16)25(13(2)26)20(28-19)14-8-7-9-15(12-14)27-3/h5-12,20H,4H2,1-3H3/t20-/m1/s1. The number of fused-ring (bicyclic) bond motifs is 3. The van der Waals surface area contributed by atoms with Crippen LogP contribution in [-0.2, 0) is 4.79 Å². The van der Waals surface area contributed by atoms with Gasteiger partial charge in [-0.25, -0.2) is 0 Å². The van der Waals surface area contributed by atoms with E-state index < -0.39 is 6.23 Å². The molecular formula is C21H20N4O3S. The maximum atomic E-state index is 12.7. The molecule has 2 heterocycles. The summed E-state index contributed by atoms with van der Waals surface area (Å²) < 4.78 is 11.7. The monoisotopic (exact) mass is 408 g/mol. The van der Waals surface area contributed by atoms with Gasteiger partial charge in [0.2, 0.25) is 23.2 Å². The molecule has 1 amide bonds. The molecular weight excluding hydrogens is 388 g/mol. The van der Waals surface area contributed by atoms with Gasteiger partial charge in [-0.1, -0.05) is 49.0 Å². The molecule has 0 aliphatic carbocycles. The number of hydrogen-bond donors (Lipinski definition) is 0. The van der Waals surface area contributed by atoms with Gasteiger partial charge in [-0.05, 0) is 24.0 Å². The van der Waals surface area contributed by atoms with Gasteiger partial charge in [-0.2, -0.15) is 4.98 Å². The van der Waals surface area contributed by atoms with E-state index in [0.717, 1.165) is 16.9 Å². The molecule has 0 saturated carbocycles. The molecule has 0 N–H and O–H groups in total. The summed E-state index contributed by atoms with van der Waals surface area (Å²) in [5.74, 6) is 1.68. The molecule has 1 atom stereocenters. The summed E-state index contributed by atoms with van der Waals surface area (Å²) in [7, 11) is 1.60. The molecule has 29 heavy (non-hydrogen) atoms. The van der Waals surface area contributed by atoms with Gasteiger partial charge in [0.1, 0.15) is 5.75 Å². The lowest BCUT2D eigenvalue weighted by Crippen LogP contribution is -2.36. The number of carbonyl (C=O) groups excluding carboxylic acids is 1. The minimum absolute atomic E-state index is 0.158. The van der Waals surface area contributed by atoms with Gasteiger partial charge >= 0.3 is 0 Å². The number of hydrogen-bond acceptors (Lipinski definition) is 7. The average Bonchev–Trinajstić information content (AvgIpc) is 2.88. The highest BCUT2D eigenvalue weighted by molar-refractivity contribution is 7.99. The minimum atomic E-state index is -0.721. The molecule has 3 aromatic rings. The molecule has 0 radical (unpaired) electrons. The molecule has 0 saturated heterocycles. The highest BCUT2D eigenvalue weighted by Crippen LogP contribution is 2.43. The summed E-state index contributed by atoms with van der Waals surface area (Å²) in [4.78, 5) is 18.9. The normalized spacial score (nSPS) is 15.0. The smallest absolute Gasteiger partial charge is 0.247 e. The topological polar surface area (TPSA) is 77.4 Å². The Hall–Kier alpha value is -3.13. The van der Waals surface area contributed by atoms with Crippen LogP contribution in [0, 0.1) is 0 Å². The summed E-state index contributed by atoms with van der Waals surface area (Å²) >= 11 is 1.48. The number of aromatic nitrogens is 3. The number of carbonyl (C=O) groups is 1. The Morgan fingerprint density at radius 1 is 1.21 bits per heavy atom. The average molecular weight is 408 g/mol. The van der Waals surface area contributed by atoms with Crippen molar-refractivity contribution in [2.75, 3.05) is 17.8 Å². The molecule has 8 heteroatoms. The number of amides is 1. The predicted molar refractivity (Wildman–Crippen MR) is 111 cm³/mol. The molecule has 1 aromatic heterocycles. The van der Waals surface area contributed by atoms with Crippen molar-refractivity contribution < 1.29 is 14.3 Å². The molecule has 1 aliphatic heterocycles. The van der Waals surface area contributed by atoms with Crippen LogP contribution >= 0.6 is 11.8 Å². The molecule has 1 aliphatic rings. The second-order valence-electron chi connectivity index (χ2n) is 6.33. The van der Waals surface area contributed by atoms with E-state index in [4.69, 9.17) is 9.47 Å². The third-order valence-electron chi connectivity index (χ3n) is 4.50. The van der Waals surface area contributed by atoms with E-state index in [1.165, 1.54) is 18.7 Å². The Balaban J connectivity index is 1.94. The van der Waals surface area contributed by atoms with E-state index in [1.54, 1.807) is 12.0 Å². The first-order chi connectivity index (χ1) is 14.1. The van der Waals surface area contributed by atoms with Crippen molar-refractivity contribution in [3.05, 3.63) is 54.1 Å². The number of rotatable bonds is 4. The van der Waals surface area contributed by atoms with Crippen LogP contribution in [0.15, 0.2) is 53.7 Å². The largest absolute Gasteiger partial charge is 0.497 e. The molecule has 7 nitrogen and oxygen atoms in total. The van der Waals surface area contributed by atoms with Crippen molar-refractivity contribution in [2.45, 2.75) is 25.2 Å². The first kappa shape index (κ1) is 19.2.